The number of nitrogens with zero attached hydrogens (tertiary/aromatic N) is 2. The van der Waals surface area contributed by atoms with Crippen molar-refractivity contribution in [1.29, 1.82) is 0 Å². The van der Waals surface area contributed by atoms with Crippen molar-refractivity contribution in [1.82, 2.24) is 10.2 Å². The van der Waals surface area contributed by atoms with Crippen molar-refractivity contribution in [2.45, 2.75) is 6.42 Å². The summed E-state index contributed by atoms with van der Waals surface area (Å²) in [6.07, 6.45) is 0.677. The van der Waals surface area contributed by atoms with Gasteiger partial charge in [0.2, 0.25) is 5.13 Å². The van der Waals surface area contributed by atoms with E-state index < -0.39 is 0 Å². The molecule has 7 nitrogen and oxygen atoms in total. The molecule has 21 heavy (non-hydrogen) atoms. The maximum Gasteiger partial charge on any atom is 0.325 e. The molecule has 0 bridgehead atoms. The molecule has 2 rings (SSSR count). The zero-order valence-corrected chi connectivity index (χ0v) is 12.6. The largest absolute Gasteiger partial charge is 0.497 e. The standard InChI is InChI=1S/C13H16N4O3S/c1-19-8-7-11-16-17-13(21-11)15-12(18)14-9-3-5-10(20-2)6-4-9/h3-6H,7-8H2,1-2H3,(H2,14,15,17,18). The van der Waals surface area contributed by atoms with E-state index in [4.69, 9.17) is 9.47 Å². The van der Waals surface area contributed by atoms with Gasteiger partial charge in [0.1, 0.15) is 10.8 Å². The molecule has 0 atom stereocenters. The second kappa shape index (κ2) is 7.55. The summed E-state index contributed by atoms with van der Waals surface area (Å²) in [4.78, 5) is 11.8. The summed E-state index contributed by atoms with van der Waals surface area (Å²) in [6, 6.07) is 6.67. The number of methoxy groups -OCH3 is 2. The molecule has 2 N–H and O–H groups in total. The van der Waals surface area contributed by atoms with E-state index in [-0.39, 0.29) is 6.03 Å². The van der Waals surface area contributed by atoms with Crippen LogP contribution in [0.2, 0.25) is 0 Å². The van der Waals surface area contributed by atoms with E-state index in [0.29, 0.717) is 23.8 Å². The minimum atomic E-state index is -0.366. The van der Waals surface area contributed by atoms with Gasteiger partial charge in [0.05, 0.1) is 13.7 Å². The zero-order valence-electron chi connectivity index (χ0n) is 11.8. The SMILES string of the molecule is COCCc1nnc(NC(=O)Nc2ccc(OC)cc2)s1. The van der Waals surface area contributed by atoms with Crippen LogP contribution in [0.5, 0.6) is 5.75 Å². The summed E-state index contributed by atoms with van der Waals surface area (Å²) < 4.78 is 10.0. The van der Waals surface area contributed by atoms with Gasteiger partial charge in [-0.2, -0.15) is 0 Å². The molecule has 0 radical (unpaired) electrons. The molecule has 0 saturated carbocycles. The maximum atomic E-state index is 11.8. The Kier molecular flexibility index (Phi) is 5.47. The van der Waals surface area contributed by atoms with Crippen molar-refractivity contribution >= 4 is 28.2 Å². The highest BCUT2D eigenvalue weighted by atomic mass is 32.1. The van der Waals surface area contributed by atoms with Crippen molar-refractivity contribution in [3.63, 3.8) is 0 Å². The molecular formula is C13H16N4O3S. The second-order valence-corrected chi connectivity index (χ2v) is 5.11. The Hall–Kier alpha value is -2.19. The van der Waals surface area contributed by atoms with Gasteiger partial charge in [-0.15, -0.1) is 10.2 Å². The predicted octanol–water partition coefficient (Wildman–Crippen LogP) is 2.38. The molecule has 1 aromatic carbocycles. The zero-order chi connectivity index (χ0) is 15.1. The third-order valence-electron chi connectivity index (χ3n) is 2.56. The molecule has 1 heterocycles. The Morgan fingerprint density at radius 1 is 1.19 bits per heavy atom. The third kappa shape index (κ3) is 4.69. The first-order chi connectivity index (χ1) is 10.2. The monoisotopic (exact) mass is 308 g/mol. The fraction of sp³-hybridized carbons (Fsp3) is 0.308. The Balaban J connectivity index is 1.87. The van der Waals surface area contributed by atoms with Gasteiger partial charge in [-0.1, -0.05) is 11.3 Å². The summed E-state index contributed by atoms with van der Waals surface area (Å²) in [5.74, 6) is 0.730. The van der Waals surface area contributed by atoms with Gasteiger partial charge in [0.25, 0.3) is 0 Å². The number of ether oxygens (including phenoxy) is 2. The number of carbonyl (C=O) groups excluding carboxylic acids is 1. The Morgan fingerprint density at radius 3 is 2.62 bits per heavy atom. The molecule has 0 fully saturated rings. The normalized spacial score (nSPS) is 10.2. The quantitative estimate of drug-likeness (QED) is 0.855. The minimum absolute atomic E-state index is 0.366. The lowest BCUT2D eigenvalue weighted by Crippen LogP contribution is -2.19. The summed E-state index contributed by atoms with van der Waals surface area (Å²) in [6.45, 7) is 0.576. The lowest BCUT2D eigenvalue weighted by atomic mass is 10.3. The molecule has 0 aliphatic heterocycles. The molecule has 0 aliphatic rings. The molecule has 0 unspecified atom stereocenters. The van der Waals surface area contributed by atoms with E-state index in [0.717, 1.165) is 10.8 Å². The summed E-state index contributed by atoms with van der Waals surface area (Å²) in [7, 11) is 3.22. The molecule has 2 aromatic rings. The minimum Gasteiger partial charge on any atom is -0.497 e. The van der Waals surface area contributed by atoms with Crippen LogP contribution in [-0.4, -0.2) is 37.1 Å². The highest BCUT2D eigenvalue weighted by molar-refractivity contribution is 7.15. The van der Waals surface area contributed by atoms with E-state index in [1.54, 1.807) is 38.5 Å². The molecular weight excluding hydrogens is 292 g/mol. The van der Waals surface area contributed by atoms with E-state index in [9.17, 15) is 4.79 Å². The number of nitrogens with one attached hydrogen (secondary N) is 2. The Bertz CT molecular complexity index is 585. The first-order valence-electron chi connectivity index (χ1n) is 6.24. The molecule has 8 heteroatoms. The van der Waals surface area contributed by atoms with Gasteiger partial charge in [-0.05, 0) is 24.3 Å². The first kappa shape index (κ1) is 15.2. The van der Waals surface area contributed by atoms with Crippen LogP contribution in [0.25, 0.3) is 0 Å². The van der Waals surface area contributed by atoms with E-state index in [1.165, 1.54) is 11.3 Å². The van der Waals surface area contributed by atoms with Crippen molar-refractivity contribution < 1.29 is 14.3 Å². The average Bonchev–Trinajstić information content (AvgIpc) is 2.93. The smallest absolute Gasteiger partial charge is 0.325 e. The van der Waals surface area contributed by atoms with Crippen molar-refractivity contribution in [3.05, 3.63) is 29.3 Å². The van der Waals surface area contributed by atoms with Gasteiger partial charge < -0.3 is 14.8 Å². The van der Waals surface area contributed by atoms with E-state index in [1.807, 2.05) is 0 Å². The van der Waals surface area contributed by atoms with Crippen LogP contribution >= 0.6 is 11.3 Å². The lowest BCUT2D eigenvalue weighted by molar-refractivity contribution is 0.202. The van der Waals surface area contributed by atoms with Crippen LogP contribution in [0, 0.1) is 0 Å². The van der Waals surface area contributed by atoms with Crippen molar-refractivity contribution in [2.24, 2.45) is 0 Å². The fourth-order valence-electron chi connectivity index (χ4n) is 1.53. The van der Waals surface area contributed by atoms with Crippen LogP contribution in [0.15, 0.2) is 24.3 Å². The van der Waals surface area contributed by atoms with Crippen LogP contribution in [0.3, 0.4) is 0 Å². The number of aromatic nitrogens is 2. The lowest BCUT2D eigenvalue weighted by Gasteiger charge is -2.05. The molecule has 112 valence electrons. The molecule has 0 saturated heterocycles. The summed E-state index contributed by atoms with van der Waals surface area (Å²) in [5, 5.41) is 14.5. The summed E-state index contributed by atoms with van der Waals surface area (Å²) >= 11 is 1.32. The average molecular weight is 308 g/mol. The van der Waals surface area contributed by atoms with Crippen LogP contribution in [-0.2, 0) is 11.2 Å². The van der Waals surface area contributed by atoms with Gasteiger partial charge in [0, 0.05) is 19.2 Å². The fourth-order valence-corrected chi connectivity index (χ4v) is 2.24. The molecule has 0 spiro atoms. The van der Waals surface area contributed by atoms with Gasteiger partial charge in [0.15, 0.2) is 0 Å². The predicted molar refractivity (Wildman–Crippen MR) is 81.1 cm³/mol. The number of urea groups is 1. The van der Waals surface area contributed by atoms with Gasteiger partial charge in [-0.3, -0.25) is 5.32 Å². The topological polar surface area (TPSA) is 85.4 Å². The maximum absolute atomic E-state index is 11.8. The first-order valence-corrected chi connectivity index (χ1v) is 7.06. The number of carbonyl (C=O) groups is 1. The van der Waals surface area contributed by atoms with Crippen LogP contribution in [0.1, 0.15) is 5.01 Å². The van der Waals surface area contributed by atoms with E-state index in [2.05, 4.69) is 20.8 Å². The number of hydrogen-bond acceptors (Lipinski definition) is 6. The van der Waals surface area contributed by atoms with Gasteiger partial charge in [-0.25, -0.2) is 4.79 Å². The second-order valence-electron chi connectivity index (χ2n) is 4.05. The number of anilines is 2. The molecule has 2 amide bonds. The van der Waals surface area contributed by atoms with Crippen molar-refractivity contribution in [3.8, 4) is 5.75 Å². The van der Waals surface area contributed by atoms with Gasteiger partial charge >= 0.3 is 6.03 Å². The van der Waals surface area contributed by atoms with E-state index >= 15 is 0 Å². The number of amides is 2. The highest BCUT2D eigenvalue weighted by Gasteiger charge is 2.08. The highest BCUT2D eigenvalue weighted by Crippen LogP contribution is 2.17. The summed E-state index contributed by atoms with van der Waals surface area (Å²) in [5.41, 5.74) is 0.664. The number of benzene rings is 1. The third-order valence-corrected chi connectivity index (χ3v) is 3.45. The molecule has 0 aliphatic carbocycles. The molecule has 1 aromatic heterocycles. The van der Waals surface area contributed by atoms with Crippen LogP contribution < -0.4 is 15.4 Å². The van der Waals surface area contributed by atoms with Crippen molar-refractivity contribution in [2.75, 3.05) is 31.5 Å². The number of hydrogen-bond donors (Lipinski definition) is 2. The Morgan fingerprint density at radius 2 is 1.95 bits per heavy atom. The Labute approximate surface area is 126 Å². The van der Waals surface area contributed by atoms with Crippen LogP contribution in [0.4, 0.5) is 15.6 Å². The number of rotatable bonds is 6.